The first kappa shape index (κ1) is 22.0. The molecule has 1 amide bonds. The second kappa shape index (κ2) is 9.09. The molecular weight excluding hydrogens is 445 g/mol. The molecule has 8 nitrogen and oxygen atoms in total. The van der Waals surface area contributed by atoms with Gasteiger partial charge < -0.3 is 16.4 Å². The van der Waals surface area contributed by atoms with E-state index in [9.17, 15) is 9.18 Å². The van der Waals surface area contributed by atoms with Gasteiger partial charge in [-0.2, -0.15) is 10.1 Å². The summed E-state index contributed by atoms with van der Waals surface area (Å²) in [6.07, 6.45) is 4.97. The van der Waals surface area contributed by atoms with Crippen LogP contribution in [0.25, 0.3) is 16.7 Å². The molecule has 4 rings (SSSR count). The zero-order valence-corrected chi connectivity index (χ0v) is 18.3. The van der Waals surface area contributed by atoms with E-state index in [1.165, 1.54) is 18.2 Å². The van der Waals surface area contributed by atoms with Crippen LogP contribution in [-0.4, -0.2) is 25.7 Å². The summed E-state index contributed by atoms with van der Waals surface area (Å²) < 4.78 is 16.3. The van der Waals surface area contributed by atoms with Crippen LogP contribution >= 0.6 is 11.6 Å². The van der Waals surface area contributed by atoms with Gasteiger partial charge in [0.05, 0.1) is 17.6 Å². The minimum atomic E-state index is -0.700. The Hall–Kier alpha value is -4.24. The van der Waals surface area contributed by atoms with Crippen molar-refractivity contribution in [2.45, 2.75) is 0 Å². The Labute approximate surface area is 193 Å². The first-order chi connectivity index (χ1) is 15.8. The van der Waals surface area contributed by atoms with Gasteiger partial charge in [0.2, 0.25) is 11.9 Å². The van der Waals surface area contributed by atoms with E-state index in [1.54, 1.807) is 42.5 Å². The fourth-order valence-electron chi connectivity index (χ4n) is 3.11. The molecule has 2 aromatic heterocycles. The summed E-state index contributed by atoms with van der Waals surface area (Å²) in [5.41, 5.74) is 7.73. The normalized spacial score (nSPS) is 10.6. The van der Waals surface area contributed by atoms with Crippen molar-refractivity contribution in [3.05, 3.63) is 84.0 Å². The van der Waals surface area contributed by atoms with Crippen LogP contribution < -0.4 is 16.4 Å². The predicted octanol–water partition coefficient (Wildman–Crippen LogP) is 4.66. The topological polar surface area (TPSA) is 111 Å². The predicted molar refractivity (Wildman–Crippen MR) is 127 cm³/mol. The standard InChI is InChI=1S/C23H19ClFN7O/c1-13(21(26)33)14-7-8-19(25)20(9-14)30-22-17(16-5-3-4-6-18(16)24)11-27-23(31-22)29-15-10-28-32(2)12-15/h3-12H,1H2,2H3,(H2,26,33)(H2,27,29,30,31). The molecular formula is C23H19ClFN7O. The van der Waals surface area contributed by atoms with Crippen LogP contribution in [0.4, 0.5) is 27.5 Å². The number of primary amides is 1. The van der Waals surface area contributed by atoms with Crippen molar-refractivity contribution in [3.8, 4) is 11.1 Å². The molecule has 10 heteroatoms. The second-order valence-electron chi connectivity index (χ2n) is 7.13. The second-order valence-corrected chi connectivity index (χ2v) is 7.53. The zero-order chi connectivity index (χ0) is 23.5. The van der Waals surface area contributed by atoms with Crippen molar-refractivity contribution in [2.75, 3.05) is 10.6 Å². The van der Waals surface area contributed by atoms with E-state index in [0.29, 0.717) is 33.2 Å². The summed E-state index contributed by atoms with van der Waals surface area (Å²) in [5, 5.41) is 10.6. The van der Waals surface area contributed by atoms with Gasteiger partial charge in [-0.05, 0) is 23.8 Å². The lowest BCUT2D eigenvalue weighted by molar-refractivity contribution is -0.112. The molecule has 0 atom stereocenters. The molecule has 0 radical (unpaired) electrons. The maximum Gasteiger partial charge on any atom is 0.248 e. The highest BCUT2D eigenvalue weighted by atomic mass is 35.5. The van der Waals surface area contributed by atoms with Crippen LogP contribution in [0.15, 0.2) is 67.6 Å². The van der Waals surface area contributed by atoms with Crippen LogP contribution in [0.1, 0.15) is 5.56 Å². The van der Waals surface area contributed by atoms with Gasteiger partial charge >= 0.3 is 0 Å². The van der Waals surface area contributed by atoms with Gasteiger partial charge in [0.15, 0.2) is 0 Å². The Bertz CT molecular complexity index is 1370. The molecule has 0 aliphatic carbocycles. The highest BCUT2D eigenvalue weighted by molar-refractivity contribution is 6.33. The maximum absolute atomic E-state index is 14.7. The van der Waals surface area contributed by atoms with Gasteiger partial charge in [-0.25, -0.2) is 9.37 Å². The van der Waals surface area contributed by atoms with Crippen molar-refractivity contribution in [1.29, 1.82) is 0 Å². The Morgan fingerprint density at radius 1 is 1.15 bits per heavy atom. The molecule has 166 valence electrons. The number of hydrogen-bond donors (Lipinski definition) is 3. The van der Waals surface area contributed by atoms with Crippen molar-refractivity contribution in [2.24, 2.45) is 12.8 Å². The average molecular weight is 464 g/mol. The summed E-state index contributed by atoms with van der Waals surface area (Å²) in [4.78, 5) is 20.4. The molecule has 0 fully saturated rings. The fraction of sp³-hybridized carbons (Fsp3) is 0.0435. The third kappa shape index (κ3) is 4.83. The summed E-state index contributed by atoms with van der Waals surface area (Å²) in [6, 6.07) is 11.3. The highest BCUT2D eigenvalue weighted by Crippen LogP contribution is 2.35. The van der Waals surface area contributed by atoms with Gasteiger partial charge in [-0.1, -0.05) is 42.4 Å². The molecule has 2 heterocycles. The first-order valence-electron chi connectivity index (χ1n) is 9.75. The molecule has 0 aliphatic rings. The van der Waals surface area contributed by atoms with Crippen molar-refractivity contribution in [1.82, 2.24) is 19.7 Å². The Morgan fingerprint density at radius 3 is 2.64 bits per heavy atom. The quantitative estimate of drug-likeness (QED) is 0.344. The number of benzene rings is 2. The maximum atomic E-state index is 14.7. The van der Waals surface area contributed by atoms with Gasteiger partial charge in [-0.15, -0.1) is 0 Å². The average Bonchev–Trinajstić information content (AvgIpc) is 3.20. The molecule has 4 aromatic rings. The number of aromatic nitrogens is 4. The summed E-state index contributed by atoms with van der Waals surface area (Å²) in [6.45, 7) is 3.66. The Kier molecular flexibility index (Phi) is 6.05. The third-order valence-corrected chi connectivity index (χ3v) is 5.11. The van der Waals surface area contributed by atoms with E-state index in [-0.39, 0.29) is 17.2 Å². The van der Waals surface area contributed by atoms with Crippen molar-refractivity contribution in [3.63, 3.8) is 0 Å². The molecule has 0 aliphatic heterocycles. The number of rotatable bonds is 7. The van der Waals surface area contributed by atoms with E-state index in [4.69, 9.17) is 17.3 Å². The molecule has 0 saturated carbocycles. The molecule has 4 N–H and O–H groups in total. The number of carbonyl (C=O) groups is 1. The van der Waals surface area contributed by atoms with Crippen LogP contribution in [0.3, 0.4) is 0 Å². The smallest absolute Gasteiger partial charge is 0.248 e. The Balaban J connectivity index is 1.78. The lowest BCUT2D eigenvalue weighted by atomic mass is 10.1. The molecule has 0 spiro atoms. The first-order valence-corrected chi connectivity index (χ1v) is 10.1. The number of amides is 1. The summed E-state index contributed by atoms with van der Waals surface area (Å²) in [5.74, 6) is -0.694. The number of halogens is 2. The number of nitrogens with one attached hydrogen (secondary N) is 2. The van der Waals surface area contributed by atoms with Crippen LogP contribution in [-0.2, 0) is 11.8 Å². The van der Waals surface area contributed by atoms with E-state index in [2.05, 4.69) is 32.3 Å². The molecule has 2 aromatic carbocycles. The lowest BCUT2D eigenvalue weighted by Crippen LogP contribution is -2.12. The van der Waals surface area contributed by atoms with Crippen LogP contribution in [0, 0.1) is 5.82 Å². The largest absolute Gasteiger partial charge is 0.366 e. The van der Waals surface area contributed by atoms with Gasteiger partial charge in [0.25, 0.3) is 0 Å². The minimum absolute atomic E-state index is 0.0611. The minimum Gasteiger partial charge on any atom is -0.366 e. The number of nitrogens with zero attached hydrogens (tertiary/aromatic N) is 4. The fourth-order valence-corrected chi connectivity index (χ4v) is 3.35. The van der Waals surface area contributed by atoms with E-state index in [1.807, 2.05) is 12.1 Å². The molecule has 0 saturated heterocycles. The lowest BCUT2D eigenvalue weighted by Gasteiger charge is -2.15. The number of anilines is 4. The van der Waals surface area contributed by atoms with Gasteiger partial charge in [-0.3, -0.25) is 9.48 Å². The van der Waals surface area contributed by atoms with Crippen molar-refractivity contribution < 1.29 is 9.18 Å². The molecule has 0 bridgehead atoms. The monoisotopic (exact) mass is 463 g/mol. The van der Waals surface area contributed by atoms with Gasteiger partial charge in [0, 0.05) is 41.2 Å². The highest BCUT2D eigenvalue weighted by Gasteiger charge is 2.16. The third-order valence-electron chi connectivity index (χ3n) is 4.78. The van der Waals surface area contributed by atoms with E-state index < -0.39 is 11.7 Å². The summed E-state index contributed by atoms with van der Waals surface area (Å²) >= 11 is 6.39. The van der Waals surface area contributed by atoms with E-state index in [0.717, 1.165) is 0 Å². The molecule has 0 unspecified atom stereocenters. The zero-order valence-electron chi connectivity index (χ0n) is 17.5. The number of carbonyl (C=O) groups excluding carboxylic acids is 1. The number of nitrogens with two attached hydrogens (primary N) is 1. The van der Waals surface area contributed by atoms with Crippen molar-refractivity contribution >= 4 is 46.2 Å². The molecule has 33 heavy (non-hydrogen) atoms. The van der Waals surface area contributed by atoms with Crippen LogP contribution in [0.5, 0.6) is 0 Å². The number of hydrogen-bond acceptors (Lipinski definition) is 6. The van der Waals surface area contributed by atoms with Gasteiger partial charge in [0.1, 0.15) is 11.6 Å². The van der Waals surface area contributed by atoms with E-state index >= 15 is 0 Å². The number of aryl methyl sites for hydroxylation is 1. The Morgan fingerprint density at radius 2 is 1.94 bits per heavy atom. The van der Waals surface area contributed by atoms with Crippen LogP contribution in [0.2, 0.25) is 5.02 Å². The SMILES string of the molecule is C=C(C(N)=O)c1ccc(F)c(Nc2nc(Nc3cnn(C)c3)ncc2-c2ccccc2Cl)c1. The summed E-state index contributed by atoms with van der Waals surface area (Å²) in [7, 11) is 1.79.